The third-order valence-electron chi connectivity index (χ3n) is 3.50. The van der Waals surface area contributed by atoms with Gasteiger partial charge in [0.2, 0.25) is 5.43 Å². The number of benzene rings is 2. The normalized spacial score (nSPS) is 11.2. The molecule has 0 unspecified atom stereocenters. The van der Waals surface area contributed by atoms with Crippen molar-refractivity contribution >= 4 is 21.9 Å². The average molecular weight is 261 g/mol. The molecule has 1 N–H and O–H groups in total. The van der Waals surface area contributed by atoms with Gasteiger partial charge in [0, 0.05) is 10.9 Å². The summed E-state index contributed by atoms with van der Waals surface area (Å²) in [5.41, 5.74) is 2.94. The van der Waals surface area contributed by atoms with Crippen LogP contribution in [0.1, 0.15) is 0 Å². The van der Waals surface area contributed by atoms with Crippen molar-refractivity contribution in [2.45, 2.75) is 0 Å². The van der Waals surface area contributed by atoms with E-state index >= 15 is 0 Å². The number of hydrogen-bond acceptors (Lipinski definition) is 2. The SMILES string of the molecule is O=c1c(-c2cc3ccccc3[nH]2)coc2ccccc12. The molecule has 0 aliphatic rings. The fourth-order valence-corrected chi connectivity index (χ4v) is 2.48. The van der Waals surface area contributed by atoms with Crippen molar-refractivity contribution < 1.29 is 4.42 Å². The van der Waals surface area contributed by atoms with Crippen LogP contribution < -0.4 is 5.43 Å². The Hall–Kier alpha value is -2.81. The monoisotopic (exact) mass is 261 g/mol. The van der Waals surface area contributed by atoms with E-state index in [2.05, 4.69) is 4.98 Å². The molecule has 4 rings (SSSR count). The van der Waals surface area contributed by atoms with Crippen LogP contribution in [0.3, 0.4) is 0 Å². The number of aromatic nitrogens is 1. The molecule has 96 valence electrons. The van der Waals surface area contributed by atoms with Crippen molar-refractivity contribution in [1.29, 1.82) is 0 Å². The zero-order valence-corrected chi connectivity index (χ0v) is 10.6. The molecule has 2 aromatic carbocycles. The van der Waals surface area contributed by atoms with Crippen LogP contribution in [0.4, 0.5) is 0 Å². The van der Waals surface area contributed by atoms with Crippen LogP contribution in [0.5, 0.6) is 0 Å². The summed E-state index contributed by atoms with van der Waals surface area (Å²) in [5, 5.41) is 1.68. The molecule has 0 spiro atoms. The molecule has 0 aliphatic carbocycles. The van der Waals surface area contributed by atoms with E-state index in [0.717, 1.165) is 16.6 Å². The fraction of sp³-hybridized carbons (Fsp3) is 0. The minimum atomic E-state index is -0.0154. The molecule has 0 aliphatic heterocycles. The predicted molar refractivity (Wildman–Crippen MR) is 79.8 cm³/mol. The summed E-state index contributed by atoms with van der Waals surface area (Å²) < 4.78 is 5.55. The van der Waals surface area contributed by atoms with E-state index in [0.29, 0.717) is 16.5 Å². The van der Waals surface area contributed by atoms with Gasteiger partial charge >= 0.3 is 0 Å². The predicted octanol–water partition coefficient (Wildman–Crippen LogP) is 3.94. The highest BCUT2D eigenvalue weighted by molar-refractivity contribution is 5.87. The molecule has 0 saturated carbocycles. The Balaban J connectivity index is 2.02. The van der Waals surface area contributed by atoms with Crippen molar-refractivity contribution in [2.24, 2.45) is 0 Å². The van der Waals surface area contributed by atoms with Crippen molar-refractivity contribution in [3.63, 3.8) is 0 Å². The van der Waals surface area contributed by atoms with Crippen molar-refractivity contribution in [3.8, 4) is 11.3 Å². The van der Waals surface area contributed by atoms with Gasteiger partial charge in [-0.15, -0.1) is 0 Å². The lowest BCUT2D eigenvalue weighted by atomic mass is 10.1. The maximum atomic E-state index is 12.5. The quantitative estimate of drug-likeness (QED) is 0.564. The Morgan fingerprint density at radius 3 is 2.65 bits per heavy atom. The van der Waals surface area contributed by atoms with Gasteiger partial charge in [-0.2, -0.15) is 0 Å². The molecule has 0 bridgehead atoms. The van der Waals surface area contributed by atoms with E-state index in [9.17, 15) is 4.79 Å². The molecule has 0 radical (unpaired) electrons. The highest BCUT2D eigenvalue weighted by Gasteiger charge is 2.10. The third-order valence-corrected chi connectivity index (χ3v) is 3.50. The number of H-pyrrole nitrogens is 1. The summed E-state index contributed by atoms with van der Waals surface area (Å²) in [6.07, 6.45) is 1.52. The van der Waals surface area contributed by atoms with Gasteiger partial charge in [0.25, 0.3) is 0 Å². The molecule has 0 amide bonds. The summed E-state index contributed by atoms with van der Waals surface area (Å²) in [4.78, 5) is 15.8. The van der Waals surface area contributed by atoms with Crippen LogP contribution in [0.25, 0.3) is 33.1 Å². The first-order chi connectivity index (χ1) is 9.83. The first-order valence-electron chi connectivity index (χ1n) is 6.41. The lowest BCUT2D eigenvalue weighted by Crippen LogP contribution is -2.04. The number of rotatable bonds is 1. The van der Waals surface area contributed by atoms with E-state index in [-0.39, 0.29) is 5.43 Å². The maximum Gasteiger partial charge on any atom is 0.201 e. The topological polar surface area (TPSA) is 46.0 Å². The van der Waals surface area contributed by atoms with E-state index in [1.807, 2.05) is 42.5 Å². The molecule has 2 heterocycles. The zero-order chi connectivity index (χ0) is 13.5. The number of fused-ring (bicyclic) bond motifs is 2. The van der Waals surface area contributed by atoms with Gasteiger partial charge in [-0.1, -0.05) is 30.3 Å². The van der Waals surface area contributed by atoms with E-state index < -0.39 is 0 Å². The van der Waals surface area contributed by atoms with Crippen molar-refractivity contribution in [3.05, 3.63) is 71.1 Å². The van der Waals surface area contributed by atoms with Gasteiger partial charge in [0.15, 0.2) is 0 Å². The lowest BCUT2D eigenvalue weighted by Gasteiger charge is -1.99. The average Bonchev–Trinajstić information content (AvgIpc) is 2.91. The molecule has 0 saturated heterocycles. The third kappa shape index (κ3) is 1.57. The van der Waals surface area contributed by atoms with Gasteiger partial charge in [-0.05, 0) is 24.3 Å². The second kappa shape index (κ2) is 4.10. The number of aromatic amines is 1. The van der Waals surface area contributed by atoms with Gasteiger partial charge in [0.05, 0.1) is 16.6 Å². The summed E-state index contributed by atoms with van der Waals surface area (Å²) in [7, 11) is 0. The van der Waals surface area contributed by atoms with E-state index in [1.165, 1.54) is 6.26 Å². The van der Waals surface area contributed by atoms with Crippen molar-refractivity contribution in [1.82, 2.24) is 4.98 Å². The van der Waals surface area contributed by atoms with Gasteiger partial charge < -0.3 is 9.40 Å². The zero-order valence-electron chi connectivity index (χ0n) is 10.6. The first kappa shape index (κ1) is 11.1. The number of para-hydroxylation sites is 2. The molecular weight excluding hydrogens is 250 g/mol. The Kier molecular flexibility index (Phi) is 2.27. The number of nitrogens with one attached hydrogen (secondary N) is 1. The molecule has 4 aromatic rings. The highest BCUT2D eigenvalue weighted by Crippen LogP contribution is 2.23. The van der Waals surface area contributed by atoms with E-state index in [1.54, 1.807) is 12.1 Å². The first-order valence-corrected chi connectivity index (χ1v) is 6.41. The Bertz CT molecular complexity index is 946. The fourth-order valence-electron chi connectivity index (χ4n) is 2.48. The minimum Gasteiger partial charge on any atom is -0.463 e. The second-order valence-corrected chi connectivity index (χ2v) is 4.74. The maximum absolute atomic E-state index is 12.5. The molecule has 2 aromatic heterocycles. The smallest absolute Gasteiger partial charge is 0.201 e. The minimum absolute atomic E-state index is 0.0154. The lowest BCUT2D eigenvalue weighted by molar-refractivity contribution is 0.604. The van der Waals surface area contributed by atoms with Crippen LogP contribution in [-0.2, 0) is 0 Å². The van der Waals surface area contributed by atoms with Gasteiger partial charge in [-0.25, -0.2) is 0 Å². The van der Waals surface area contributed by atoms with Crippen LogP contribution >= 0.6 is 0 Å². The molecular formula is C17H11NO2. The Morgan fingerprint density at radius 1 is 0.950 bits per heavy atom. The molecule has 3 heteroatoms. The largest absolute Gasteiger partial charge is 0.463 e. The Morgan fingerprint density at radius 2 is 1.75 bits per heavy atom. The molecule has 0 atom stereocenters. The molecule has 20 heavy (non-hydrogen) atoms. The van der Waals surface area contributed by atoms with Crippen LogP contribution in [0, 0.1) is 0 Å². The second-order valence-electron chi connectivity index (χ2n) is 4.74. The van der Waals surface area contributed by atoms with Crippen LogP contribution in [0.2, 0.25) is 0 Å². The van der Waals surface area contributed by atoms with E-state index in [4.69, 9.17) is 4.42 Å². The summed E-state index contributed by atoms with van der Waals surface area (Å²) >= 11 is 0. The van der Waals surface area contributed by atoms with Crippen molar-refractivity contribution in [2.75, 3.05) is 0 Å². The Labute approximate surface area is 114 Å². The highest BCUT2D eigenvalue weighted by atomic mass is 16.3. The molecule has 0 fully saturated rings. The molecule has 3 nitrogen and oxygen atoms in total. The van der Waals surface area contributed by atoms with Crippen LogP contribution in [0.15, 0.2) is 70.1 Å². The summed E-state index contributed by atoms with van der Waals surface area (Å²) in [5.74, 6) is 0. The summed E-state index contributed by atoms with van der Waals surface area (Å²) in [6, 6.07) is 17.2. The number of hydrogen-bond donors (Lipinski definition) is 1. The van der Waals surface area contributed by atoms with Crippen LogP contribution in [-0.4, -0.2) is 4.98 Å². The van der Waals surface area contributed by atoms with Gasteiger partial charge in [0.1, 0.15) is 11.8 Å². The standard InChI is InChI=1S/C17H11NO2/c19-17-12-6-2-4-8-16(12)20-10-13(17)15-9-11-5-1-3-7-14(11)18-15/h1-10,18H. The van der Waals surface area contributed by atoms with Gasteiger partial charge in [-0.3, -0.25) is 4.79 Å². The summed E-state index contributed by atoms with van der Waals surface area (Å²) in [6.45, 7) is 0.